The van der Waals surface area contributed by atoms with E-state index in [1.54, 1.807) is 19.9 Å². The van der Waals surface area contributed by atoms with Crippen molar-refractivity contribution >= 4 is 45.6 Å². The molecule has 0 radical (unpaired) electrons. The number of amides is 1. The highest BCUT2D eigenvalue weighted by atomic mass is 35.5. The summed E-state index contributed by atoms with van der Waals surface area (Å²) in [5.41, 5.74) is 1.71. The fraction of sp³-hybridized carbons (Fsp3) is 0.350. The summed E-state index contributed by atoms with van der Waals surface area (Å²) in [6.07, 6.45) is 0. The summed E-state index contributed by atoms with van der Waals surface area (Å²) in [6, 6.07) is 7.29. The van der Waals surface area contributed by atoms with Crippen molar-refractivity contribution in [2.24, 2.45) is 0 Å². The number of rotatable bonds is 8. The Balaban J connectivity index is 2.11. The van der Waals surface area contributed by atoms with Crippen LogP contribution < -0.4 is 10.6 Å². The van der Waals surface area contributed by atoms with Crippen molar-refractivity contribution in [2.75, 3.05) is 18.5 Å². The largest absolute Gasteiger partial charge is 0.462 e. The summed E-state index contributed by atoms with van der Waals surface area (Å²) >= 11 is 7.08. The number of nitrogens with one attached hydrogen (secondary N) is 2. The number of Topliss-reactive ketones (excluding diaryl/α,β-unsaturated/α-hetero) is 1. The first-order valence-electron chi connectivity index (χ1n) is 8.84. The molecule has 0 aliphatic heterocycles. The lowest BCUT2D eigenvalue weighted by molar-refractivity contribution is -0.115. The Morgan fingerprint density at radius 2 is 2.00 bits per heavy atom. The molecule has 2 N–H and O–H groups in total. The van der Waals surface area contributed by atoms with Gasteiger partial charge in [0.15, 0.2) is 5.78 Å². The van der Waals surface area contributed by atoms with Gasteiger partial charge in [0.1, 0.15) is 5.00 Å². The molecule has 1 aromatic heterocycles. The van der Waals surface area contributed by atoms with E-state index >= 15 is 0 Å². The van der Waals surface area contributed by atoms with Gasteiger partial charge in [0, 0.05) is 11.1 Å². The summed E-state index contributed by atoms with van der Waals surface area (Å²) in [6.45, 7) is 6.96. The molecular formula is C20H23ClN2O4S. The monoisotopic (exact) mass is 422 g/mol. The van der Waals surface area contributed by atoms with Crippen LogP contribution in [0.4, 0.5) is 5.00 Å². The summed E-state index contributed by atoms with van der Waals surface area (Å²) in [5, 5.41) is 6.79. The van der Waals surface area contributed by atoms with Gasteiger partial charge in [-0.2, -0.15) is 0 Å². The maximum atomic E-state index is 12.4. The lowest BCUT2D eigenvalue weighted by Gasteiger charge is -2.14. The molecular weight excluding hydrogens is 400 g/mol. The highest BCUT2D eigenvalue weighted by Crippen LogP contribution is 2.34. The number of ketones is 1. The van der Waals surface area contributed by atoms with Crippen LogP contribution in [0.2, 0.25) is 5.02 Å². The zero-order valence-corrected chi connectivity index (χ0v) is 17.8. The molecule has 1 aromatic carbocycles. The quantitative estimate of drug-likeness (QED) is 0.487. The number of hydrogen-bond acceptors (Lipinski definition) is 6. The number of halogens is 1. The molecule has 8 heteroatoms. The van der Waals surface area contributed by atoms with Gasteiger partial charge in [-0.1, -0.05) is 23.7 Å². The Labute approximate surface area is 173 Å². The first kappa shape index (κ1) is 22.1. The SMILES string of the molecule is CCOC(=O)c1c(NC(=O)CN[C@@H](C)c2cccc(Cl)c2)sc(C(C)=O)c1C. The molecule has 0 saturated heterocycles. The van der Waals surface area contributed by atoms with E-state index in [0.717, 1.165) is 16.9 Å². The van der Waals surface area contributed by atoms with Crippen LogP contribution in [0.3, 0.4) is 0 Å². The highest BCUT2D eigenvalue weighted by molar-refractivity contribution is 7.18. The average molecular weight is 423 g/mol. The van der Waals surface area contributed by atoms with E-state index < -0.39 is 5.97 Å². The van der Waals surface area contributed by atoms with Crippen LogP contribution in [0.1, 0.15) is 58.0 Å². The van der Waals surface area contributed by atoms with Gasteiger partial charge in [-0.3, -0.25) is 9.59 Å². The van der Waals surface area contributed by atoms with Gasteiger partial charge in [0.2, 0.25) is 5.91 Å². The van der Waals surface area contributed by atoms with Crippen LogP contribution in [-0.2, 0) is 9.53 Å². The van der Waals surface area contributed by atoms with E-state index in [1.807, 2.05) is 25.1 Å². The van der Waals surface area contributed by atoms with Gasteiger partial charge in [0.05, 0.1) is 23.6 Å². The van der Waals surface area contributed by atoms with E-state index in [0.29, 0.717) is 20.5 Å². The maximum absolute atomic E-state index is 12.4. The number of hydrogen-bond donors (Lipinski definition) is 2. The van der Waals surface area contributed by atoms with Gasteiger partial charge in [0.25, 0.3) is 0 Å². The van der Waals surface area contributed by atoms with Gasteiger partial charge in [-0.05, 0) is 51.0 Å². The molecule has 0 unspecified atom stereocenters. The van der Waals surface area contributed by atoms with Crippen molar-refractivity contribution in [1.29, 1.82) is 0 Å². The molecule has 1 amide bonds. The number of carbonyl (C=O) groups is 3. The fourth-order valence-electron chi connectivity index (χ4n) is 2.70. The molecule has 28 heavy (non-hydrogen) atoms. The van der Waals surface area contributed by atoms with E-state index in [1.165, 1.54) is 6.92 Å². The Bertz CT molecular complexity index is 894. The molecule has 2 rings (SSSR count). The number of benzene rings is 1. The number of anilines is 1. The highest BCUT2D eigenvalue weighted by Gasteiger charge is 2.25. The van der Waals surface area contributed by atoms with Crippen LogP contribution in [0.25, 0.3) is 0 Å². The number of esters is 1. The van der Waals surface area contributed by atoms with Crippen molar-refractivity contribution < 1.29 is 19.1 Å². The smallest absolute Gasteiger partial charge is 0.341 e. The zero-order chi connectivity index (χ0) is 20.8. The van der Waals surface area contributed by atoms with Gasteiger partial charge in [-0.25, -0.2) is 4.79 Å². The first-order chi connectivity index (χ1) is 13.2. The molecule has 0 aliphatic carbocycles. The fourth-order valence-corrected chi connectivity index (χ4v) is 4.00. The first-order valence-corrected chi connectivity index (χ1v) is 10.0. The second-order valence-corrected chi connectivity index (χ2v) is 7.70. The van der Waals surface area contributed by atoms with E-state index in [4.69, 9.17) is 16.3 Å². The standard InChI is InChI=1S/C20H23ClN2O4S/c1-5-27-20(26)17-11(2)18(13(4)24)28-19(17)23-16(25)10-22-12(3)14-7-6-8-15(21)9-14/h6-9,12,22H,5,10H2,1-4H3,(H,23,25)/t12-/m0/s1. The Morgan fingerprint density at radius 3 is 2.61 bits per heavy atom. The summed E-state index contributed by atoms with van der Waals surface area (Å²) < 4.78 is 5.07. The van der Waals surface area contributed by atoms with E-state index in [2.05, 4.69) is 10.6 Å². The molecule has 0 bridgehead atoms. The molecule has 1 atom stereocenters. The minimum Gasteiger partial charge on any atom is -0.462 e. The summed E-state index contributed by atoms with van der Waals surface area (Å²) in [4.78, 5) is 36.9. The second-order valence-electron chi connectivity index (χ2n) is 6.24. The third kappa shape index (κ3) is 5.41. The molecule has 1 heterocycles. The molecule has 2 aromatic rings. The number of carbonyl (C=O) groups excluding carboxylic acids is 3. The van der Waals surface area contributed by atoms with E-state index in [9.17, 15) is 14.4 Å². The van der Waals surface area contributed by atoms with Crippen molar-refractivity contribution in [1.82, 2.24) is 5.32 Å². The average Bonchev–Trinajstić information content (AvgIpc) is 2.96. The van der Waals surface area contributed by atoms with Crippen LogP contribution >= 0.6 is 22.9 Å². The molecule has 0 spiro atoms. The number of thiophene rings is 1. The van der Waals surface area contributed by atoms with E-state index in [-0.39, 0.29) is 36.4 Å². The summed E-state index contributed by atoms with van der Waals surface area (Å²) in [7, 11) is 0. The molecule has 0 aliphatic rings. The zero-order valence-electron chi connectivity index (χ0n) is 16.2. The minimum atomic E-state index is -0.556. The van der Waals surface area contributed by atoms with Crippen LogP contribution in [-0.4, -0.2) is 30.8 Å². The minimum absolute atomic E-state index is 0.0301. The van der Waals surface area contributed by atoms with Crippen LogP contribution in [0.5, 0.6) is 0 Å². The Hall–Kier alpha value is -2.22. The Morgan fingerprint density at radius 1 is 1.29 bits per heavy atom. The third-order valence-corrected chi connectivity index (χ3v) is 5.66. The molecule has 0 fully saturated rings. The molecule has 6 nitrogen and oxygen atoms in total. The van der Waals surface area contributed by atoms with Crippen LogP contribution in [0, 0.1) is 6.92 Å². The van der Waals surface area contributed by atoms with Gasteiger partial charge >= 0.3 is 5.97 Å². The molecule has 150 valence electrons. The normalized spacial score (nSPS) is 11.8. The third-order valence-electron chi connectivity index (χ3n) is 4.12. The second kappa shape index (κ2) is 9.82. The van der Waals surface area contributed by atoms with Crippen molar-refractivity contribution in [2.45, 2.75) is 33.7 Å². The summed E-state index contributed by atoms with van der Waals surface area (Å²) in [5.74, 6) is -1.05. The number of ether oxygens (including phenoxy) is 1. The van der Waals surface area contributed by atoms with Crippen molar-refractivity contribution in [3.05, 3.63) is 50.9 Å². The maximum Gasteiger partial charge on any atom is 0.341 e. The predicted molar refractivity (Wildman–Crippen MR) is 112 cm³/mol. The lowest BCUT2D eigenvalue weighted by Crippen LogP contribution is -2.30. The lowest BCUT2D eigenvalue weighted by atomic mass is 10.1. The van der Waals surface area contributed by atoms with Crippen molar-refractivity contribution in [3.63, 3.8) is 0 Å². The Kier molecular flexibility index (Phi) is 7.74. The molecule has 0 saturated carbocycles. The van der Waals surface area contributed by atoms with Crippen LogP contribution in [0.15, 0.2) is 24.3 Å². The van der Waals surface area contributed by atoms with Crippen molar-refractivity contribution in [3.8, 4) is 0 Å². The topological polar surface area (TPSA) is 84.5 Å². The van der Waals surface area contributed by atoms with Gasteiger partial charge in [-0.15, -0.1) is 11.3 Å². The van der Waals surface area contributed by atoms with Gasteiger partial charge < -0.3 is 15.4 Å². The predicted octanol–water partition coefficient (Wildman–Crippen LogP) is 4.38.